The molecule has 0 fully saturated rings. The Balaban J connectivity index is 2.15. The summed E-state index contributed by atoms with van der Waals surface area (Å²) in [5.41, 5.74) is 3.26. The third-order valence-electron chi connectivity index (χ3n) is 3.26. The Morgan fingerprint density at radius 1 is 1.24 bits per heavy atom. The lowest BCUT2D eigenvalue weighted by Gasteiger charge is -2.13. The van der Waals surface area contributed by atoms with Gasteiger partial charge in [-0.1, -0.05) is 0 Å². The van der Waals surface area contributed by atoms with Crippen molar-refractivity contribution >= 4 is 15.7 Å². The van der Waals surface area contributed by atoms with Gasteiger partial charge in [-0.15, -0.1) is 0 Å². The number of hydrogen-bond donors (Lipinski definition) is 3. The standard InChI is InChI=1S/C14H20N4O2S/c1-10-6-13(15-3)7-11(2)14(10)21(19,20)18-5-4-12-8-16-9-17-12/h6-9,15,18H,4-5H2,1-3H3,(H,16,17). The monoisotopic (exact) mass is 308 g/mol. The molecule has 0 unspecified atom stereocenters. The summed E-state index contributed by atoms with van der Waals surface area (Å²) in [6, 6.07) is 3.66. The minimum atomic E-state index is -3.51. The Morgan fingerprint density at radius 2 is 1.90 bits per heavy atom. The van der Waals surface area contributed by atoms with Crippen LogP contribution in [0.15, 0.2) is 29.6 Å². The van der Waals surface area contributed by atoms with Crippen LogP contribution in [0.3, 0.4) is 0 Å². The molecular formula is C14H20N4O2S. The molecule has 2 aromatic rings. The summed E-state index contributed by atoms with van der Waals surface area (Å²) >= 11 is 0. The van der Waals surface area contributed by atoms with Crippen molar-refractivity contribution in [3.8, 4) is 0 Å². The number of aromatic amines is 1. The second-order valence-corrected chi connectivity index (χ2v) is 6.62. The molecule has 0 saturated heterocycles. The number of rotatable bonds is 6. The smallest absolute Gasteiger partial charge is 0.241 e. The van der Waals surface area contributed by atoms with E-state index in [1.165, 1.54) is 0 Å². The fraction of sp³-hybridized carbons (Fsp3) is 0.357. The molecule has 0 bridgehead atoms. The minimum Gasteiger partial charge on any atom is -0.388 e. The van der Waals surface area contributed by atoms with Crippen LogP contribution >= 0.6 is 0 Å². The zero-order chi connectivity index (χ0) is 15.5. The summed E-state index contributed by atoms with van der Waals surface area (Å²) in [6.07, 6.45) is 3.84. The molecule has 0 radical (unpaired) electrons. The quantitative estimate of drug-likeness (QED) is 0.756. The molecule has 2 rings (SSSR count). The van der Waals surface area contributed by atoms with Gasteiger partial charge in [0.05, 0.1) is 11.2 Å². The maximum absolute atomic E-state index is 12.4. The van der Waals surface area contributed by atoms with E-state index in [0.717, 1.165) is 22.5 Å². The van der Waals surface area contributed by atoms with Crippen LogP contribution in [-0.4, -0.2) is 32.0 Å². The van der Waals surface area contributed by atoms with Gasteiger partial charge < -0.3 is 10.3 Å². The summed E-state index contributed by atoms with van der Waals surface area (Å²) in [5, 5.41) is 3.02. The molecule has 3 N–H and O–H groups in total. The molecule has 0 amide bonds. The lowest BCUT2D eigenvalue weighted by atomic mass is 10.1. The number of nitrogens with one attached hydrogen (secondary N) is 3. The number of sulfonamides is 1. The number of anilines is 1. The summed E-state index contributed by atoms with van der Waals surface area (Å²) in [7, 11) is -1.70. The molecule has 0 spiro atoms. The van der Waals surface area contributed by atoms with Gasteiger partial charge in [0.2, 0.25) is 10.0 Å². The summed E-state index contributed by atoms with van der Waals surface area (Å²) < 4.78 is 27.5. The number of benzene rings is 1. The van der Waals surface area contributed by atoms with Gasteiger partial charge in [0.1, 0.15) is 0 Å². The number of aryl methyl sites for hydroxylation is 2. The first-order valence-corrected chi connectivity index (χ1v) is 8.18. The first kappa shape index (κ1) is 15.5. The van der Waals surface area contributed by atoms with E-state index < -0.39 is 10.0 Å². The summed E-state index contributed by atoms with van der Waals surface area (Å²) in [4.78, 5) is 7.20. The fourth-order valence-corrected chi connectivity index (χ4v) is 3.81. The highest BCUT2D eigenvalue weighted by atomic mass is 32.2. The number of H-pyrrole nitrogens is 1. The molecule has 0 atom stereocenters. The van der Waals surface area contributed by atoms with Crippen molar-refractivity contribution in [2.45, 2.75) is 25.2 Å². The fourth-order valence-electron chi connectivity index (χ4n) is 2.33. The van der Waals surface area contributed by atoms with Crippen LogP contribution in [0.5, 0.6) is 0 Å². The Kier molecular flexibility index (Phi) is 4.64. The molecule has 1 heterocycles. The lowest BCUT2D eigenvalue weighted by molar-refractivity contribution is 0.580. The van der Waals surface area contributed by atoms with Gasteiger partial charge in [0.15, 0.2) is 0 Å². The van der Waals surface area contributed by atoms with E-state index in [1.54, 1.807) is 26.4 Å². The van der Waals surface area contributed by atoms with E-state index in [-0.39, 0.29) is 0 Å². The Morgan fingerprint density at radius 3 is 2.43 bits per heavy atom. The number of nitrogens with zero attached hydrogens (tertiary/aromatic N) is 1. The van der Waals surface area contributed by atoms with Crippen LogP contribution in [0.2, 0.25) is 0 Å². The average Bonchev–Trinajstić information content (AvgIpc) is 2.90. The third kappa shape index (κ3) is 3.62. The first-order valence-electron chi connectivity index (χ1n) is 6.70. The second-order valence-electron chi connectivity index (χ2n) is 4.91. The highest BCUT2D eigenvalue weighted by Gasteiger charge is 2.19. The van der Waals surface area contributed by atoms with Crippen molar-refractivity contribution < 1.29 is 8.42 Å². The first-order chi connectivity index (χ1) is 9.94. The van der Waals surface area contributed by atoms with Gasteiger partial charge in [-0.2, -0.15) is 0 Å². The topological polar surface area (TPSA) is 86.9 Å². The molecule has 7 heteroatoms. The molecular weight excluding hydrogens is 288 g/mol. The molecule has 0 aliphatic heterocycles. The largest absolute Gasteiger partial charge is 0.388 e. The van der Waals surface area contributed by atoms with Gasteiger partial charge in [-0.05, 0) is 37.1 Å². The van der Waals surface area contributed by atoms with Gasteiger partial charge in [-0.3, -0.25) is 0 Å². The number of imidazole rings is 1. The second kappa shape index (κ2) is 6.28. The number of hydrogen-bond acceptors (Lipinski definition) is 4. The number of aromatic nitrogens is 2. The van der Waals surface area contributed by atoms with Crippen LogP contribution in [-0.2, 0) is 16.4 Å². The van der Waals surface area contributed by atoms with Gasteiger partial charge in [0.25, 0.3) is 0 Å². The van der Waals surface area contributed by atoms with E-state index in [0.29, 0.717) is 17.9 Å². The van der Waals surface area contributed by atoms with Gasteiger partial charge in [-0.25, -0.2) is 18.1 Å². The van der Waals surface area contributed by atoms with Gasteiger partial charge >= 0.3 is 0 Å². The predicted octanol–water partition coefficient (Wildman–Crippen LogP) is 1.59. The van der Waals surface area contributed by atoms with Crippen molar-refractivity contribution in [3.63, 3.8) is 0 Å². The highest BCUT2D eigenvalue weighted by molar-refractivity contribution is 7.89. The maximum Gasteiger partial charge on any atom is 0.241 e. The van der Waals surface area contributed by atoms with Crippen LogP contribution in [0.4, 0.5) is 5.69 Å². The van der Waals surface area contributed by atoms with Crippen molar-refractivity contribution in [2.24, 2.45) is 0 Å². The lowest BCUT2D eigenvalue weighted by Crippen LogP contribution is -2.27. The van der Waals surface area contributed by atoms with E-state index in [2.05, 4.69) is 20.0 Å². The van der Waals surface area contributed by atoms with Crippen molar-refractivity contribution in [1.29, 1.82) is 0 Å². The Bertz CT molecular complexity index is 686. The highest BCUT2D eigenvalue weighted by Crippen LogP contribution is 2.24. The summed E-state index contributed by atoms with van der Waals surface area (Å²) in [6.45, 7) is 3.94. The van der Waals surface area contributed by atoms with E-state index >= 15 is 0 Å². The average molecular weight is 308 g/mol. The van der Waals surface area contributed by atoms with E-state index in [1.807, 2.05) is 19.2 Å². The molecule has 0 saturated carbocycles. The molecule has 0 aliphatic carbocycles. The molecule has 1 aromatic carbocycles. The molecule has 114 valence electrons. The van der Waals surface area contributed by atoms with Crippen LogP contribution in [0.1, 0.15) is 16.8 Å². The Labute approximate surface area is 125 Å². The maximum atomic E-state index is 12.4. The molecule has 21 heavy (non-hydrogen) atoms. The zero-order valence-electron chi connectivity index (χ0n) is 12.4. The van der Waals surface area contributed by atoms with E-state index in [4.69, 9.17) is 0 Å². The minimum absolute atomic E-state index is 0.331. The molecule has 6 nitrogen and oxygen atoms in total. The predicted molar refractivity (Wildman–Crippen MR) is 82.9 cm³/mol. The third-order valence-corrected chi connectivity index (χ3v) is 5.02. The Hall–Kier alpha value is -1.86. The van der Waals surface area contributed by atoms with Crippen LogP contribution < -0.4 is 10.0 Å². The van der Waals surface area contributed by atoms with Crippen molar-refractivity contribution in [3.05, 3.63) is 41.5 Å². The van der Waals surface area contributed by atoms with Crippen molar-refractivity contribution in [1.82, 2.24) is 14.7 Å². The van der Waals surface area contributed by atoms with Crippen molar-refractivity contribution in [2.75, 3.05) is 18.9 Å². The normalized spacial score (nSPS) is 11.6. The van der Waals surface area contributed by atoms with Crippen LogP contribution in [0, 0.1) is 13.8 Å². The van der Waals surface area contributed by atoms with E-state index in [9.17, 15) is 8.42 Å². The zero-order valence-corrected chi connectivity index (χ0v) is 13.2. The summed E-state index contributed by atoms with van der Waals surface area (Å²) in [5.74, 6) is 0. The SMILES string of the molecule is CNc1cc(C)c(S(=O)(=O)NCCc2cnc[nH]2)c(C)c1. The molecule has 1 aromatic heterocycles. The van der Waals surface area contributed by atoms with Crippen LogP contribution in [0.25, 0.3) is 0 Å². The molecule has 0 aliphatic rings. The van der Waals surface area contributed by atoms with Gasteiger partial charge in [0, 0.05) is 37.6 Å².